The SMILES string of the molecule is Oc1cccc(C2CCNO2)c1. The summed E-state index contributed by atoms with van der Waals surface area (Å²) in [6.07, 6.45) is 1.06. The molecule has 1 atom stereocenters. The molecule has 1 aromatic carbocycles. The molecule has 0 aromatic heterocycles. The van der Waals surface area contributed by atoms with Crippen LogP contribution in [0.2, 0.25) is 0 Å². The Labute approximate surface area is 70.9 Å². The molecule has 2 rings (SSSR count). The molecule has 0 bridgehead atoms. The van der Waals surface area contributed by atoms with Crippen LogP contribution in [0.3, 0.4) is 0 Å². The summed E-state index contributed by atoms with van der Waals surface area (Å²) in [5, 5.41) is 9.20. The van der Waals surface area contributed by atoms with E-state index >= 15 is 0 Å². The molecule has 0 saturated carbocycles. The Morgan fingerprint density at radius 1 is 1.50 bits per heavy atom. The van der Waals surface area contributed by atoms with Crippen LogP contribution in [0.25, 0.3) is 0 Å². The number of hydrogen-bond donors (Lipinski definition) is 2. The third-order valence-corrected chi connectivity index (χ3v) is 1.98. The Morgan fingerprint density at radius 3 is 3.08 bits per heavy atom. The number of aromatic hydroxyl groups is 1. The fraction of sp³-hybridized carbons (Fsp3) is 0.333. The summed E-state index contributed by atoms with van der Waals surface area (Å²) in [7, 11) is 0. The van der Waals surface area contributed by atoms with Crippen LogP contribution in [0.4, 0.5) is 0 Å². The van der Waals surface area contributed by atoms with E-state index in [1.807, 2.05) is 12.1 Å². The van der Waals surface area contributed by atoms with E-state index < -0.39 is 0 Å². The van der Waals surface area contributed by atoms with Crippen molar-refractivity contribution in [1.82, 2.24) is 5.48 Å². The largest absolute Gasteiger partial charge is 0.508 e. The van der Waals surface area contributed by atoms with Gasteiger partial charge in [-0.1, -0.05) is 12.1 Å². The van der Waals surface area contributed by atoms with Gasteiger partial charge in [-0.15, -0.1) is 0 Å². The average Bonchev–Trinajstić information content (AvgIpc) is 2.56. The van der Waals surface area contributed by atoms with Gasteiger partial charge in [0, 0.05) is 6.54 Å². The van der Waals surface area contributed by atoms with E-state index in [-0.39, 0.29) is 6.10 Å². The van der Waals surface area contributed by atoms with Crippen LogP contribution >= 0.6 is 0 Å². The summed E-state index contributed by atoms with van der Waals surface area (Å²) >= 11 is 0. The van der Waals surface area contributed by atoms with Crippen molar-refractivity contribution < 1.29 is 9.94 Å². The topological polar surface area (TPSA) is 41.5 Å². The van der Waals surface area contributed by atoms with Gasteiger partial charge in [0.05, 0.1) is 0 Å². The number of hydroxylamine groups is 1. The lowest BCUT2D eigenvalue weighted by molar-refractivity contribution is 0.0335. The first-order chi connectivity index (χ1) is 5.86. The molecule has 3 heteroatoms. The zero-order chi connectivity index (χ0) is 8.39. The minimum atomic E-state index is 0.0945. The van der Waals surface area contributed by atoms with Crippen molar-refractivity contribution in [3.63, 3.8) is 0 Å². The molecule has 2 N–H and O–H groups in total. The molecule has 1 saturated heterocycles. The number of phenolic OH excluding ortho intramolecular Hbond substituents is 1. The first-order valence-electron chi connectivity index (χ1n) is 4.04. The zero-order valence-electron chi connectivity index (χ0n) is 6.66. The highest BCUT2D eigenvalue weighted by molar-refractivity contribution is 5.28. The fourth-order valence-corrected chi connectivity index (χ4v) is 1.37. The molecular weight excluding hydrogens is 154 g/mol. The van der Waals surface area contributed by atoms with Gasteiger partial charge in [-0.25, -0.2) is 5.48 Å². The average molecular weight is 165 g/mol. The first kappa shape index (κ1) is 7.58. The predicted molar refractivity (Wildman–Crippen MR) is 44.6 cm³/mol. The van der Waals surface area contributed by atoms with Gasteiger partial charge in [-0.3, -0.25) is 4.84 Å². The van der Waals surface area contributed by atoms with E-state index in [9.17, 15) is 5.11 Å². The number of rotatable bonds is 1. The molecule has 1 aliphatic heterocycles. The van der Waals surface area contributed by atoms with Crippen LogP contribution in [0.15, 0.2) is 24.3 Å². The molecular formula is C9H11NO2. The van der Waals surface area contributed by atoms with Gasteiger partial charge in [0.25, 0.3) is 0 Å². The highest BCUT2D eigenvalue weighted by atomic mass is 16.7. The molecule has 1 heterocycles. The Balaban J connectivity index is 2.21. The maximum atomic E-state index is 9.20. The number of hydrogen-bond acceptors (Lipinski definition) is 3. The second-order valence-corrected chi connectivity index (χ2v) is 2.88. The Bertz CT molecular complexity index is 269. The van der Waals surface area contributed by atoms with E-state index in [2.05, 4.69) is 5.48 Å². The highest BCUT2D eigenvalue weighted by Gasteiger charge is 2.17. The van der Waals surface area contributed by atoms with Crippen LogP contribution in [-0.4, -0.2) is 11.7 Å². The van der Waals surface area contributed by atoms with Crippen molar-refractivity contribution >= 4 is 0 Å². The van der Waals surface area contributed by atoms with Crippen molar-refractivity contribution in [3.05, 3.63) is 29.8 Å². The maximum absolute atomic E-state index is 9.20. The minimum absolute atomic E-state index is 0.0945. The Kier molecular flexibility index (Phi) is 1.98. The summed E-state index contributed by atoms with van der Waals surface area (Å²) < 4.78 is 0. The Morgan fingerprint density at radius 2 is 2.42 bits per heavy atom. The second-order valence-electron chi connectivity index (χ2n) is 2.88. The quantitative estimate of drug-likeness (QED) is 0.660. The normalized spacial score (nSPS) is 22.8. The van der Waals surface area contributed by atoms with Crippen molar-refractivity contribution in [2.75, 3.05) is 6.54 Å². The third kappa shape index (κ3) is 1.42. The monoisotopic (exact) mass is 165 g/mol. The molecule has 0 radical (unpaired) electrons. The van der Waals surface area contributed by atoms with E-state index in [1.54, 1.807) is 12.1 Å². The standard InChI is InChI=1S/C9H11NO2/c11-8-3-1-2-7(6-8)9-4-5-10-12-9/h1-3,6,9-11H,4-5H2. The molecule has 1 unspecified atom stereocenters. The van der Waals surface area contributed by atoms with Crippen molar-refractivity contribution in [2.45, 2.75) is 12.5 Å². The Hall–Kier alpha value is -1.06. The van der Waals surface area contributed by atoms with Gasteiger partial charge in [-0.05, 0) is 24.1 Å². The van der Waals surface area contributed by atoms with Crippen LogP contribution in [0.1, 0.15) is 18.1 Å². The van der Waals surface area contributed by atoms with Crippen LogP contribution in [0.5, 0.6) is 5.75 Å². The molecule has 0 amide bonds. The first-order valence-corrected chi connectivity index (χ1v) is 4.04. The van der Waals surface area contributed by atoms with E-state index in [0.717, 1.165) is 18.5 Å². The van der Waals surface area contributed by atoms with E-state index in [4.69, 9.17) is 4.84 Å². The minimum Gasteiger partial charge on any atom is -0.508 e. The predicted octanol–water partition coefficient (Wildman–Crippen LogP) is 1.36. The van der Waals surface area contributed by atoms with Gasteiger partial charge in [0.2, 0.25) is 0 Å². The molecule has 1 fully saturated rings. The summed E-state index contributed by atoms with van der Waals surface area (Å²) in [6, 6.07) is 7.17. The van der Waals surface area contributed by atoms with E-state index in [0.29, 0.717) is 5.75 Å². The molecule has 0 spiro atoms. The molecule has 64 valence electrons. The second kappa shape index (κ2) is 3.13. The maximum Gasteiger partial charge on any atom is 0.115 e. The molecule has 1 aromatic rings. The van der Waals surface area contributed by atoms with E-state index in [1.165, 1.54) is 0 Å². The lowest BCUT2D eigenvalue weighted by Crippen LogP contribution is -2.04. The fourth-order valence-electron chi connectivity index (χ4n) is 1.37. The summed E-state index contributed by atoms with van der Waals surface area (Å²) in [5.74, 6) is 0.294. The van der Waals surface area contributed by atoms with Gasteiger partial charge in [0.1, 0.15) is 11.9 Å². The molecule has 1 aliphatic rings. The molecule has 0 aliphatic carbocycles. The van der Waals surface area contributed by atoms with Crippen molar-refractivity contribution in [3.8, 4) is 5.75 Å². The van der Waals surface area contributed by atoms with Crippen LogP contribution in [-0.2, 0) is 4.84 Å². The van der Waals surface area contributed by atoms with Crippen LogP contribution in [0, 0.1) is 0 Å². The van der Waals surface area contributed by atoms with Gasteiger partial charge in [-0.2, -0.15) is 0 Å². The van der Waals surface area contributed by atoms with Gasteiger partial charge >= 0.3 is 0 Å². The smallest absolute Gasteiger partial charge is 0.115 e. The summed E-state index contributed by atoms with van der Waals surface area (Å²) in [4.78, 5) is 5.23. The number of benzene rings is 1. The highest BCUT2D eigenvalue weighted by Crippen LogP contribution is 2.25. The summed E-state index contributed by atoms with van der Waals surface area (Å²) in [6.45, 7) is 0.875. The zero-order valence-corrected chi connectivity index (χ0v) is 6.66. The number of nitrogens with one attached hydrogen (secondary N) is 1. The molecule has 3 nitrogen and oxygen atoms in total. The lowest BCUT2D eigenvalue weighted by atomic mass is 10.1. The van der Waals surface area contributed by atoms with Gasteiger partial charge in [0.15, 0.2) is 0 Å². The van der Waals surface area contributed by atoms with Crippen molar-refractivity contribution in [1.29, 1.82) is 0 Å². The molecule has 12 heavy (non-hydrogen) atoms. The van der Waals surface area contributed by atoms with Gasteiger partial charge < -0.3 is 5.11 Å². The lowest BCUT2D eigenvalue weighted by Gasteiger charge is -2.07. The van der Waals surface area contributed by atoms with Crippen LogP contribution < -0.4 is 5.48 Å². The third-order valence-electron chi connectivity index (χ3n) is 1.98. The van der Waals surface area contributed by atoms with Crippen molar-refractivity contribution in [2.24, 2.45) is 0 Å². The number of phenols is 1. The summed E-state index contributed by atoms with van der Waals surface area (Å²) in [5.41, 5.74) is 3.84.